The fraction of sp³-hybridized carbons (Fsp3) is 0.375. The minimum Gasteiger partial charge on any atom is -0.468 e. The van der Waals surface area contributed by atoms with Crippen molar-refractivity contribution in [1.82, 2.24) is 4.90 Å². The highest BCUT2D eigenvalue weighted by molar-refractivity contribution is 9.10. The second kappa shape index (κ2) is 6.12. The number of nitrogens with two attached hydrogens (primary N) is 1. The molecule has 1 aromatic carbocycles. The second-order valence-electron chi connectivity index (χ2n) is 5.26. The Kier molecular flexibility index (Phi) is 4.24. The molecular weight excluding hydrogens is 316 g/mol. The van der Waals surface area contributed by atoms with Crippen LogP contribution in [-0.4, -0.2) is 17.5 Å². The van der Waals surface area contributed by atoms with E-state index in [0.717, 1.165) is 16.8 Å². The van der Waals surface area contributed by atoms with Crippen LogP contribution in [0.5, 0.6) is 0 Å². The van der Waals surface area contributed by atoms with Gasteiger partial charge in [0, 0.05) is 23.1 Å². The molecule has 1 atom stereocenters. The molecule has 0 amide bonds. The van der Waals surface area contributed by atoms with Crippen LogP contribution >= 0.6 is 15.9 Å². The SMILES string of the molecule is NCC(c1ccccc1Br)N(Cc1ccco1)C1CC1. The smallest absolute Gasteiger partial charge is 0.117 e. The molecule has 1 aliphatic rings. The Hall–Kier alpha value is -1.10. The first-order valence-corrected chi connectivity index (χ1v) is 7.81. The van der Waals surface area contributed by atoms with Crippen molar-refractivity contribution >= 4 is 15.9 Å². The molecule has 4 heteroatoms. The summed E-state index contributed by atoms with van der Waals surface area (Å²) in [4.78, 5) is 2.47. The van der Waals surface area contributed by atoms with E-state index in [4.69, 9.17) is 10.2 Å². The summed E-state index contributed by atoms with van der Waals surface area (Å²) in [5, 5.41) is 0. The number of nitrogens with zero attached hydrogens (tertiary/aromatic N) is 1. The number of hydrogen-bond acceptors (Lipinski definition) is 3. The summed E-state index contributed by atoms with van der Waals surface area (Å²) >= 11 is 3.65. The molecule has 0 radical (unpaired) electrons. The fourth-order valence-electron chi connectivity index (χ4n) is 2.67. The molecule has 2 aromatic rings. The molecular formula is C16H19BrN2O. The summed E-state index contributed by atoms with van der Waals surface area (Å²) in [5.41, 5.74) is 7.33. The predicted octanol–water partition coefficient (Wildman–Crippen LogP) is 3.71. The summed E-state index contributed by atoms with van der Waals surface area (Å²) in [6.07, 6.45) is 4.24. The molecule has 1 aliphatic carbocycles. The van der Waals surface area contributed by atoms with Gasteiger partial charge in [-0.2, -0.15) is 0 Å². The van der Waals surface area contributed by atoms with Gasteiger partial charge in [-0.15, -0.1) is 0 Å². The number of hydrogen-bond donors (Lipinski definition) is 1. The highest BCUT2D eigenvalue weighted by Gasteiger charge is 2.35. The molecule has 20 heavy (non-hydrogen) atoms. The van der Waals surface area contributed by atoms with Crippen molar-refractivity contribution in [1.29, 1.82) is 0 Å². The van der Waals surface area contributed by atoms with Gasteiger partial charge in [-0.25, -0.2) is 0 Å². The lowest BCUT2D eigenvalue weighted by Crippen LogP contribution is -2.35. The maximum absolute atomic E-state index is 6.08. The van der Waals surface area contributed by atoms with Gasteiger partial charge in [0.25, 0.3) is 0 Å². The van der Waals surface area contributed by atoms with Gasteiger partial charge in [0.15, 0.2) is 0 Å². The normalized spacial score (nSPS) is 16.6. The van der Waals surface area contributed by atoms with Gasteiger partial charge >= 0.3 is 0 Å². The van der Waals surface area contributed by atoms with Gasteiger partial charge in [-0.3, -0.25) is 4.90 Å². The maximum Gasteiger partial charge on any atom is 0.117 e. The van der Waals surface area contributed by atoms with Crippen molar-refractivity contribution in [2.45, 2.75) is 31.5 Å². The molecule has 0 aliphatic heterocycles. The first-order valence-electron chi connectivity index (χ1n) is 7.02. The van der Waals surface area contributed by atoms with E-state index in [9.17, 15) is 0 Å². The monoisotopic (exact) mass is 334 g/mol. The summed E-state index contributed by atoms with van der Waals surface area (Å²) in [5.74, 6) is 1.00. The third kappa shape index (κ3) is 2.97. The largest absolute Gasteiger partial charge is 0.468 e. The van der Waals surface area contributed by atoms with E-state index in [1.165, 1.54) is 18.4 Å². The van der Waals surface area contributed by atoms with E-state index in [1.807, 2.05) is 18.2 Å². The van der Waals surface area contributed by atoms with Gasteiger partial charge in [-0.05, 0) is 36.6 Å². The number of furan rings is 1. The van der Waals surface area contributed by atoms with Gasteiger partial charge < -0.3 is 10.2 Å². The van der Waals surface area contributed by atoms with Crippen LogP contribution in [0.25, 0.3) is 0 Å². The number of benzene rings is 1. The lowest BCUT2D eigenvalue weighted by molar-refractivity contribution is 0.167. The summed E-state index contributed by atoms with van der Waals surface area (Å²) in [6.45, 7) is 1.43. The molecule has 1 saturated carbocycles. The van der Waals surface area contributed by atoms with Gasteiger partial charge in [0.05, 0.1) is 12.8 Å². The lowest BCUT2D eigenvalue weighted by Gasteiger charge is -2.31. The molecule has 1 heterocycles. The highest BCUT2D eigenvalue weighted by atomic mass is 79.9. The van der Waals surface area contributed by atoms with Crippen LogP contribution < -0.4 is 5.73 Å². The Bertz CT molecular complexity index is 551. The van der Waals surface area contributed by atoms with Crippen molar-refractivity contribution in [3.05, 3.63) is 58.5 Å². The molecule has 0 saturated heterocycles. The van der Waals surface area contributed by atoms with Crippen LogP contribution in [0.15, 0.2) is 51.6 Å². The van der Waals surface area contributed by atoms with Crippen molar-refractivity contribution in [3.8, 4) is 0 Å². The molecule has 0 spiro atoms. The molecule has 106 valence electrons. The summed E-state index contributed by atoms with van der Waals surface area (Å²) in [7, 11) is 0. The highest BCUT2D eigenvalue weighted by Crippen LogP contribution is 2.37. The fourth-order valence-corrected chi connectivity index (χ4v) is 3.22. The molecule has 1 fully saturated rings. The number of halogens is 1. The zero-order chi connectivity index (χ0) is 13.9. The van der Waals surface area contributed by atoms with Crippen LogP contribution in [0.4, 0.5) is 0 Å². The van der Waals surface area contributed by atoms with Crippen molar-refractivity contribution in [3.63, 3.8) is 0 Å². The molecule has 3 nitrogen and oxygen atoms in total. The molecule has 0 bridgehead atoms. The minimum atomic E-state index is 0.225. The van der Waals surface area contributed by atoms with E-state index in [1.54, 1.807) is 6.26 Å². The predicted molar refractivity (Wildman–Crippen MR) is 83.2 cm³/mol. The van der Waals surface area contributed by atoms with Crippen molar-refractivity contribution in [2.75, 3.05) is 6.54 Å². The van der Waals surface area contributed by atoms with Gasteiger partial charge in [0.1, 0.15) is 5.76 Å². The molecule has 1 unspecified atom stereocenters. The van der Waals surface area contributed by atoms with E-state index in [0.29, 0.717) is 12.6 Å². The Labute approximate surface area is 127 Å². The number of rotatable bonds is 6. The van der Waals surface area contributed by atoms with Crippen LogP contribution in [0.1, 0.15) is 30.2 Å². The Morgan fingerprint density at radius 1 is 1.25 bits per heavy atom. The zero-order valence-electron chi connectivity index (χ0n) is 11.3. The zero-order valence-corrected chi connectivity index (χ0v) is 12.9. The maximum atomic E-state index is 6.08. The Morgan fingerprint density at radius 3 is 2.65 bits per heavy atom. The van der Waals surface area contributed by atoms with Crippen molar-refractivity contribution in [2.24, 2.45) is 5.73 Å². The standard InChI is InChI=1S/C16H19BrN2O/c17-15-6-2-1-5-14(15)16(10-18)19(12-7-8-12)11-13-4-3-9-20-13/h1-6,9,12,16H,7-8,10-11,18H2. The van der Waals surface area contributed by atoms with E-state index in [-0.39, 0.29) is 6.04 Å². The average molecular weight is 335 g/mol. The van der Waals surface area contributed by atoms with Crippen LogP contribution in [-0.2, 0) is 6.54 Å². The van der Waals surface area contributed by atoms with Crippen LogP contribution in [0.3, 0.4) is 0 Å². The second-order valence-corrected chi connectivity index (χ2v) is 6.11. The Balaban J connectivity index is 1.86. The topological polar surface area (TPSA) is 42.4 Å². The van der Waals surface area contributed by atoms with E-state index < -0.39 is 0 Å². The van der Waals surface area contributed by atoms with E-state index >= 15 is 0 Å². The first kappa shape index (κ1) is 13.9. The quantitative estimate of drug-likeness (QED) is 0.875. The average Bonchev–Trinajstić information content (AvgIpc) is 3.18. The summed E-state index contributed by atoms with van der Waals surface area (Å²) in [6, 6.07) is 13.2. The third-order valence-electron chi connectivity index (χ3n) is 3.82. The minimum absolute atomic E-state index is 0.225. The molecule has 3 rings (SSSR count). The lowest BCUT2D eigenvalue weighted by atomic mass is 10.0. The van der Waals surface area contributed by atoms with E-state index in [2.05, 4.69) is 39.0 Å². The van der Waals surface area contributed by atoms with Gasteiger partial charge in [0.2, 0.25) is 0 Å². The third-order valence-corrected chi connectivity index (χ3v) is 4.54. The van der Waals surface area contributed by atoms with Crippen LogP contribution in [0, 0.1) is 0 Å². The first-order chi connectivity index (χ1) is 9.79. The summed E-state index contributed by atoms with van der Waals surface area (Å²) < 4.78 is 6.63. The van der Waals surface area contributed by atoms with Crippen LogP contribution in [0.2, 0.25) is 0 Å². The molecule has 2 N–H and O–H groups in total. The molecule has 1 aromatic heterocycles. The van der Waals surface area contributed by atoms with Gasteiger partial charge in [-0.1, -0.05) is 34.1 Å². The van der Waals surface area contributed by atoms with Crippen molar-refractivity contribution < 1.29 is 4.42 Å². The Morgan fingerprint density at radius 2 is 2.05 bits per heavy atom.